The number of carboxylic acid groups (broad SMARTS) is 1. The van der Waals surface area contributed by atoms with Crippen LogP contribution in [0.5, 0.6) is 0 Å². The molecule has 0 spiro atoms. The van der Waals surface area contributed by atoms with Gasteiger partial charge in [-0.05, 0) is 87.8 Å². The van der Waals surface area contributed by atoms with Crippen molar-refractivity contribution in [2.75, 3.05) is 19.8 Å². The molecule has 0 bridgehead atoms. The minimum atomic E-state index is -1.08. The summed E-state index contributed by atoms with van der Waals surface area (Å²) in [6.45, 7) is 16.6. The van der Waals surface area contributed by atoms with E-state index in [2.05, 4.69) is 15.6 Å². The molecular weight excluding hydrogens is 576 g/mol. The molecule has 14 heteroatoms. The van der Waals surface area contributed by atoms with Gasteiger partial charge < -0.3 is 30.0 Å². The third kappa shape index (κ3) is 15.4. The zero-order chi connectivity index (χ0) is 33.9. The summed E-state index contributed by atoms with van der Waals surface area (Å²) >= 11 is 0. The number of hydrogen-bond donors (Lipinski definition) is 3. The molecule has 0 aliphatic heterocycles. The Morgan fingerprint density at radius 2 is 1.41 bits per heavy atom. The molecule has 1 unspecified atom stereocenters. The summed E-state index contributed by atoms with van der Waals surface area (Å²) in [6.07, 6.45) is -1.51. The number of rotatable bonds is 11. The Labute approximate surface area is 258 Å². The van der Waals surface area contributed by atoms with Crippen LogP contribution >= 0.6 is 0 Å². The second-order valence-electron chi connectivity index (χ2n) is 12.8. The van der Waals surface area contributed by atoms with Crippen molar-refractivity contribution < 1.29 is 48.1 Å². The van der Waals surface area contributed by atoms with Crippen molar-refractivity contribution in [3.63, 3.8) is 0 Å². The van der Waals surface area contributed by atoms with Gasteiger partial charge in [-0.25, -0.2) is 14.4 Å². The number of amidine groups is 1. The van der Waals surface area contributed by atoms with E-state index in [1.165, 1.54) is 31.2 Å². The van der Waals surface area contributed by atoms with E-state index in [1.807, 2.05) is 0 Å². The second kappa shape index (κ2) is 16.1. The highest BCUT2D eigenvalue weighted by molar-refractivity contribution is 6.09. The number of carbonyl (C=O) groups excluding carboxylic acids is 4. The predicted molar refractivity (Wildman–Crippen MR) is 161 cm³/mol. The first-order valence-corrected chi connectivity index (χ1v) is 14.1. The van der Waals surface area contributed by atoms with Gasteiger partial charge in [0.05, 0.1) is 5.60 Å². The number of hydroxylamine groups is 2. The molecule has 1 rings (SSSR count). The summed E-state index contributed by atoms with van der Waals surface area (Å²) in [5.74, 6) is -2.30. The van der Waals surface area contributed by atoms with Crippen LogP contribution in [0.25, 0.3) is 0 Å². The van der Waals surface area contributed by atoms with Crippen LogP contribution in [0, 0.1) is 0 Å². The van der Waals surface area contributed by atoms with Crippen LogP contribution in [0.15, 0.2) is 29.3 Å². The highest BCUT2D eigenvalue weighted by Crippen LogP contribution is 2.20. The predicted octanol–water partition coefficient (Wildman–Crippen LogP) is 4.06. The van der Waals surface area contributed by atoms with Gasteiger partial charge in [0, 0.05) is 24.3 Å². The number of nitrogens with one attached hydrogen (secondary N) is 2. The van der Waals surface area contributed by atoms with Gasteiger partial charge in [-0.2, -0.15) is 4.99 Å². The molecule has 0 aliphatic carbocycles. The lowest BCUT2D eigenvalue weighted by molar-refractivity contribution is -0.169. The lowest BCUT2D eigenvalue weighted by Crippen LogP contribution is -2.46. The number of carboxylic acids is 1. The van der Waals surface area contributed by atoms with Crippen LogP contribution in [0.1, 0.15) is 91.6 Å². The Balaban J connectivity index is 3.20. The molecule has 0 radical (unpaired) electrons. The Hall–Kier alpha value is -4.04. The van der Waals surface area contributed by atoms with E-state index < -0.39 is 59.4 Å². The van der Waals surface area contributed by atoms with Crippen LogP contribution in [0.2, 0.25) is 0 Å². The maximum atomic E-state index is 13.2. The van der Waals surface area contributed by atoms with Crippen molar-refractivity contribution in [3.05, 3.63) is 35.4 Å². The highest BCUT2D eigenvalue weighted by Gasteiger charge is 2.33. The minimum absolute atomic E-state index is 0.158. The van der Waals surface area contributed by atoms with Gasteiger partial charge in [0.1, 0.15) is 23.9 Å². The van der Waals surface area contributed by atoms with Crippen LogP contribution in [0.4, 0.5) is 9.59 Å². The SMILES string of the molecule is CC(NC(=O)c1ccc(C(=NC(=O)OC(C)(C)C)N(OC(C)(C)C)C(=O)OC(C)(C)C)cc1)C(=O)NCCCOCC(=O)O. The van der Waals surface area contributed by atoms with E-state index in [4.69, 9.17) is 24.2 Å². The summed E-state index contributed by atoms with van der Waals surface area (Å²) in [5.41, 5.74) is -2.25. The maximum Gasteiger partial charge on any atom is 0.440 e. The standard InChI is InChI=1S/C30H46N4O10/c1-19(24(37)31-16-11-17-41-18-22(35)36)32-25(38)21-14-12-20(13-15-21)23(33-26(39)42-28(2,3)4)34(44-30(8,9)10)27(40)43-29(5,6)7/h12-15,19H,11,16-18H2,1-10H3,(H,31,37)(H,32,38)(H,35,36). The molecule has 44 heavy (non-hydrogen) atoms. The maximum absolute atomic E-state index is 13.2. The number of nitrogens with zero attached hydrogens (tertiary/aromatic N) is 2. The van der Waals surface area contributed by atoms with Crippen LogP contribution in [-0.2, 0) is 28.6 Å². The van der Waals surface area contributed by atoms with Crippen LogP contribution in [-0.4, -0.2) is 88.6 Å². The Kier molecular flexibility index (Phi) is 13.9. The summed E-state index contributed by atoms with van der Waals surface area (Å²) in [6, 6.07) is 4.91. The number of aliphatic imine (C=N–C) groups is 1. The average molecular weight is 623 g/mol. The number of aliphatic carboxylic acids is 1. The fourth-order valence-electron chi connectivity index (χ4n) is 3.16. The monoisotopic (exact) mass is 622 g/mol. The second-order valence-corrected chi connectivity index (χ2v) is 12.8. The van der Waals surface area contributed by atoms with E-state index in [0.29, 0.717) is 6.42 Å². The first kappa shape index (κ1) is 38.0. The van der Waals surface area contributed by atoms with Gasteiger partial charge in [0.25, 0.3) is 5.91 Å². The quantitative estimate of drug-likeness (QED) is 0.141. The van der Waals surface area contributed by atoms with E-state index >= 15 is 0 Å². The lowest BCUT2D eigenvalue weighted by atomic mass is 10.1. The molecule has 0 aliphatic rings. The first-order chi connectivity index (χ1) is 20.1. The summed E-state index contributed by atoms with van der Waals surface area (Å²) in [4.78, 5) is 71.6. The molecule has 4 amide bonds. The van der Waals surface area contributed by atoms with Gasteiger partial charge in [-0.15, -0.1) is 5.06 Å². The molecule has 0 saturated heterocycles. The van der Waals surface area contributed by atoms with Crippen molar-refractivity contribution in [1.82, 2.24) is 15.7 Å². The zero-order valence-corrected chi connectivity index (χ0v) is 27.2. The number of ether oxygens (including phenoxy) is 3. The Morgan fingerprint density at radius 1 is 0.864 bits per heavy atom. The van der Waals surface area contributed by atoms with Gasteiger partial charge in [-0.1, -0.05) is 12.1 Å². The summed E-state index contributed by atoms with van der Waals surface area (Å²) in [7, 11) is 0. The molecule has 3 N–H and O–H groups in total. The molecule has 1 aromatic carbocycles. The van der Waals surface area contributed by atoms with E-state index in [-0.39, 0.29) is 30.1 Å². The molecular formula is C30H46N4O10. The molecule has 0 fully saturated rings. The third-order valence-electron chi connectivity index (χ3n) is 4.84. The topological polar surface area (TPSA) is 182 Å². The summed E-state index contributed by atoms with van der Waals surface area (Å²) < 4.78 is 15.8. The number of amides is 4. The van der Waals surface area contributed by atoms with Crippen LogP contribution < -0.4 is 10.6 Å². The summed E-state index contributed by atoms with van der Waals surface area (Å²) in [5, 5.41) is 14.6. The molecule has 0 aromatic heterocycles. The van der Waals surface area contributed by atoms with Crippen molar-refractivity contribution in [2.24, 2.45) is 4.99 Å². The van der Waals surface area contributed by atoms with E-state index in [9.17, 15) is 24.0 Å². The van der Waals surface area contributed by atoms with Gasteiger partial charge >= 0.3 is 18.2 Å². The Bertz CT molecular complexity index is 1190. The first-order valence-electron chi connectivity index (χ1n) is 14.1. The fraction of sp³-hybridized carbons (Fsp3) is 0.600. The molecule has 1 aromatic rings. The highest BCUT2D eigenvalue weighted by atomic mass is 16.7. The zero-order valence-electron chi connectivity index (χ0n) is 27.2. The molecule has 0 heterocycles. The van der Waals surface area contributed by atoms with Gasteiger partial charge in [-0.3, -0.25) is 14.4 Å². The smallest absolute Gasteiger partial charge is 0.440 e. The number of hydrogen-bond acceptors (Lipinski definition) is 9. The lowest BCUT2D eigenvalue weighted by Gasteiger charge is -2.32. The average Bonchev–Trinajstić information content (AvgIpc) is 2.85. The molecule has 246 valence electrons. The van der Waals surface area contributed by atoms with E-state index in [1.54, 1.807) is 62.3 Å². The van der Waals surface area contributed by atoms with Crippen molar-refractivity contribution >= 4 is 35.8 Å². The third-order valence-corrected chi connectivity index (χ3v) is 4.84. The fourth-order valence-corrected chi connectivity index (χ4v) is 3.16. The van der Waals surface area contributed by atoms with Gasteiger partial charge in [0.15, 0.2) is 5.84 Å². The van der Waals surface area contributed by atoms with Crippen molar-refractivity contribution in [1.29, 1.82) is 0 Å². The number of carbonyl (C=O) groups is 5. The van der Waals surface area contributed by atoms with Crippen molar-refractivity contribution in [2.45, 2.75) is 98.5 Å². The van der Waals surface area contributed by atoms with Crippen molar-refractivity contribution in [3.8, 4) is 0 Å². The van der Waals surface area contributed by atoms with Crippen LogP contribution in [0.3, 0.4) is 0 Å². The minimum Gasteiger partial charge on any atom is -0.480 e. The Morgan fingerprint density at radius 3 is 1.91 bits per heavy atom. The molecule has 1 atom stereocenters. The number of benzene rings is 1. The normalized spacial score (nSPS) is 13.0. The molecule has 0 saturated carbocycles. The van der Waals surface area contributed by atoms with E-state index in [0.717, 1.165) is 5.06 Å². The molecule has 14 nitrogen and oxygen atoms in total. The van der Waals surface area contributed by atoms with Gasteiger partial charge in [0.2, 0.25) is 5.91 Å². The largest absolute Gasteiger partial charge is 0.480 e.